The van der Waals surface area contributed by atoms with Crippen LogP contribution in [-0.2, 0) is 17.8 Å². The number of nitrogens with zero attached hydrogens (tertiary/aromatic N) is 3. The van der Waals surface area contributed by atoms with Gasteiger partial charge in [-0.05, 0) is 32.8 Å². The van der Waals surface area contributed by atoms with E-state index in [0.29, 0.717) is 31.0 Å². The number of rotatable bonds is 3. The minimum Gasteiger partial charge on any atom is -0.444 e. The van der Waals surface area contributed by atoms with Crippen molar-refractivity contribution in [2.75, 3.05) is 5.32 Å². The van der Waals surface area contributed by atoms with Gasteiger partial charge in [-0.25, -0.2) is 14.8 Å². The maximum Gasteiger partial charge on any atom is 0.410 e. The van der Waals surface area contributed by atoms with Crippen LogP contribution in [0.15, 0.2) is 36.5 Å². The zero-order valence-electron chi connectivity index (χ0n) is 15.4. The summed E-state index contributed by atoms with van der Waals surface area (Å²) in [6, 6.07) is 10.9. The van der Waals surface area contributed by atoms with Crippen LogP contribution in [0, 0.1) is 0 Å². The SMILES string of the molecule is CC(C)(C)OC(=O)N1Cc2cnc(NC3CC3c3ccccc3)nc2C1. The summed E-state index contributed by atoms with van der Waals surface area (Å²) in [4.78, 5) is 23.0. The van der Waals surface area contributed by atoms with E-state index in [1.807, 2.05) is 33.0 Å². The van der Waals surface area contributed by atoms with E-state index < -0.39 is 5.60 Å². The van der Waals surface area contributed by atoms with Gasteiger partial charge in [0.1, 0.15) is 5.60 Å². The third kappa shape index (κ3) is 3.64. The Balaban J connectivity index is 1.38. The minimum atomic E-state index is -0.497. The van der Waals surface area contributed by atoms with E-state index in [0.717, 1.165) is 17.7 Å². The molecule has 0 saturated heterocycles. The number of aromatic nitrogens is 2. The van der Waals surface area contributed by atoms with Crippen LogP contribution in [0.4, 0.5) is 10.7 Å². The van der Waals surface area contributed by atoms with Gasteiger partial charge in [-0.3, -0.25) is 4.90 Å². The van der Waals surface area contributed by atoms with Gasteiger partial charge in [0.2, 0.25) is 5.95 Å². The Morgan fingerprint density at radius 2 is 2.00 bits per heavy atom. The molecule has 2 atom stereocenters. The lowest BCUT2D eigenvalue weighted by atomic mass is 10.1. The molecule has 6 heteroatoms. The number of amides is 1. The second-order valence-electron chi connectivity index (χ2n) is 8.01. The van der Waals surface area contributed by atoms with Crippen LogP contribution in [0.5, 0.6) is 0 Å². The summed E-state index contributed by atoms with van der Waals surface area (Å²) in [7, 11) is 0. The first-order valence-electron chi connectivity index (χ1n) is 9.03. The zero-order chi connectivity index (χ0) is 18.3. The van der Waals surface area contributed by atoms with Gasteiger partial charge in [-0.15, -0.1) is 0 Å². The summed E-state index contributed by atoms with van der Waals surface area (Å²) in [6.45, 7) is 6.58. The van der Waals surface area contributed by atoms with Crippen LogP contribution in [-0.4, -0.2) is 32.6 Å². The zero-order valence-corrected chi connectivity index (χ0v) is 15.4. The molecule has 136 valence electrons. The monoisotopic (exact) mass is 352 g/mol. The van der Waals surface area contributed by atoms with E-state index in [4.69, 9.17) is 4.74 Å². The number of hydrogen-bond acceptors (Lipinski definition) is 5. The van der Waals surface area contributed by atoms with Crippen molar-refractivity contribution in [3.63, 3.8) is 0 Å². The summed E-state index contributed by atoms with van der Waals surface area (Å²) < 4.78 is 5.44. The molecule has 1 N–H and O–H groups in total. The van der Waals surface area contributed by atoms with Gasteiger partial charge < -0.3 is 10.1 Å². The van der Waals surface area contributed by atoms with E-state index in [2.05, 4.69) is 39.6 Å². The van der Waals surface area contributed by atoms with Crippen LogP contribution in [0.1, 0.15) is 49.9 Å². The first-order valence-corrected chi connectivity index (χ1v) is 9.03. The van der Waals surface area contributed by atoms with Gasteiger partial charge in [0.25, 0.3) is 0 Å². The molecule has 0 bridgehead atoms. The predicted molar refractivity (Wildman–Crippen MR) is 98.7 cm³/mol. The quantitative estimate of drug-likeness (QED) is 0.912. The highest BCUT2D eigenvalue weighted by molar-refractivity contribution is 5.69. The van der Waals surface area contributed by atoms with Gasteiger partial charge in [-0.1, -0.05) is 30.3 Å². The van der Waals surface area contributed by atoms with Crippen LogP contribution >= 0.6 is 0 Å². The summed E-state index contributed by atoms with van der Waals surface area (Å²) in [5.74, 6) is 1.16. The molecule has 26 heavy (non-hydrogen) atoms. The summed E-state index contributed by atoms with van der Waals surface area (Å²) in [5, 5.41) is 3.42. The number of nitrogens with one attached hydrogen (secondary N) is 1. The van der Waals surface area contributed by atoms with Gasteiger partial charge in [-0.2, -0.15) is 0 Å². The number of carbonyl (C=O) groups excluding carboxylic acids is 1. The van der Waals surface area contributed by atoms with Crippen molar-refractivity contribution in [3.05, 3.63) is 53.3 Å². The molecule has 2 aliphatic rings. The molecule has 4 rings (SSSR count). The van der Waals surface area contributed by atoms with E-state index in [1.54, 1.807) is 4.90 Å². The molecule has 1 fully saturated rings. The Morgan fingerprint density at radius 3 is 2.73 bits per heavy atom. The Hall–Kier alpha value is -2.63. The van der Waals surface area contributed by atoms with Gasteiger partial charge in [0.05, 0.1) is 18.8 Å². The number of carbonyl (C=O) groups is 1. The minimum absolute atomic E-state index is 0.309. The lowest BCUT2D eigenvalue weighted by Crippen LogP contribution is -2.33. The van der Waals surface area contributed by atoms with Crippen molar-refractivity contribution < 1.29 is 9.53 Å². The van der Waals surface area contributed by atoms with Gasteiger partial charge in [0.15, 0.2) is 0 Å². The number of fused-ring (bicyclic) bond motifs is 1. The highest BCUT2D eigenvalue weighted by atomic mass is 16.6. The molecular formula is C20H24N4O2. The third-order valence-electron chi connectivity index (χ3n) is 4.64. The number of ether oxygens (including phenoxy) is 1. The lowest BCUT2D eigenvalue weighted by molar-refractivity contribution is 0.0240. The molecule has 0 spiro atoms. The van der Waals surface area contributed by atoms with Gasteiger partial charge in [0, 0.05) is 23.7 Å². The number of anilines is 1. The van der Waals surface area contributed by atoms with Crippen molar-refractivity contribution in [3.8, 4) is 0 Å². The molecule has 1 amide bonds. The average molecular weight is 352 g/mol. The molecule has 2 aromatic rings. The van der Waals surface area contributed by atoms with Crippen molar-refractivity contribution in [1.82, 2.24) is 14.9 Å². The maximum atomic E-state index is 12.2. The first kappa shape index (κ1) is 16.8. The summed E-state index contributed by atoms with van der Waals surface area (Å²) >= 11 is 0. The lowest BCUT2D eigenvalue weighted by Gasteiger charge is -2.23. The van der Waals surface area contributed by atoms with Crippen molar-refractivity contribution in [1.29, 1.82) is 0 Å². The van der Waals surface area contributed by atoms with E-state index in [9.17, 15) is 4.79 Å². The van der Waals surface area contributed by atoms with Crippen molar-refractivity contribution >= 4 is 12.0 Å². The molecular weight excluding hydrogens is 328 g/mol. The van der Waals surface area contributed by atoms with Crippen molar-refractivity contribution in [2.24, 2.45) is 0 Å². The highest BCUT2D eigenvalue weighted by Gasteiger charge is 2.39. The fourth-order valence-electron chi connectivity index (χ4n) is 3.27. The Morgan fingerprint density at radius 1 is 1.23 bits per heavy atom. The maximum absolute atomic E-state index is 12.2. The molecule has 2 heterocycles. The molecule has 6 nitrogen and oxygen atoms in total. The predicted octanol–water partition coefficient (Wildman–Crippen LogP) is 3.70. The first-order chi connectivity index (χ1) is 12.4. The molecule has 1 aliphatic heterocycles. The second-order valence-corrected chi connectivity index (χ2v) is 8.01. The number of hydrogen-bond donors (Lipinski definition) is 1. The average Bonchev–Trinajstić information content (AvgIpc) is 3.21. The third-order valence-corrected chi connectivity index (χ3v) is 4.64. The normalized spacial score (nSPS) is 21.3. The van der Waals surface area contributed by atoms with E-state index >= 15 is 0 Å². The molecule has 0 radical (unpaired) electrons. The topological polar surface area (TPSA) is 67.3 Å². The summed E-state index contributed by atoms with van der Waals surface area (Å²) in [6.07, 6.45) is 2.60. The summed E-state index contributed by atoms with van der Waals surface area (Å²) in [5.41, 5.74) is 2.73. The molecule has 1 aliphatic carbocycles. The molecule has 1 aromatic carbocycles. The van der Waals surface area contributed by atoms with E-state index in [1.165, 1.54) is 5.56 Å². The van der Waals surface area contributed by atoms with Crippen LogP contribution in [0.3, 0.4) is 0 Å². The van der Waals surface area contributed by atoms with E-state index in [-0.39, 0.29) is 6.09 Å². The highest BCUT2D eigenvalue weighted by Crippen LogP contribution is 2.42. The van der Waals surface area contributed by atoms with Crippen LogP contribution in [0.2, 0.25) is 0 Å². The fraction of sp³-hybridized carbons (Fsp3) is 0.450. The standard InChI is InChI=1S/C20H24N4O2/c1-20(2,3)26-19(25)24-11-14-10-21-18(23-17(14)12-24)22-16-9-15(16)13-7-5-4-6-8-13/h4-8,10,15-16H,9,11-12H2,1-3H3,(H,21,22,23). The molecule has 1 saturated carbocycles. The van der Waals surface area contributed by atoms with Crippen LogP contribution < -0.4 is 5.32 Å². The second kappa shape index (κ2) is 6.27. The van der Waals surface area contributed by atoms with Crippen molar-refractivity contribution in [2.45, 2.75) is 57.8 Å². The Kier molecular flexibility index (Phi) is 4.05. The number of benzene rings is 1. The molecule has 1 aromatic heterocycles. The fourth-order valence-corrected chi connectivity index (χ4v) is 3.27. The Labute approximate surface area is 153 Å². The smallest absolute Gasteiger partial charge is 0.410 e. The van der Waals surface area contributed by atoms with Gasteiger partial charge >= 0.3 is 6.09 Å². The Bertz CT molecular complexity index is 816. The largest absolute Gasteiger partial charge is 0.444 e. The van der Waals surface area contributed by atoms with Crippen LogP contribution in [0.25, 0.3) is 0 Å². The molecule has 2 unspecified atom stereocenters.